The van der Waals surface area contributed by atoms with Gasteiger partial charge in [-0.2, -0.15) is 0 Å². The van der Waals surface area contributed by atoms with Crippen molar-refractivity contribution < 1.29 is 13.1 Å². The molecule has 3 heterocycles. The van der Waals surface area contributed by atoms with Crippen LogP contribution in [0.4, 0.5) is 0 Å². The van der Waals surface area contributed by atoms with Crippen LogP contribution in [-0.2, 0) is 7.05 Å². The summed E-state index contributed by atoms with van der Waals surface area (Å²) in [6.45, 7) is -0.106. The van der Waals surface area contributed by atoms with Crippen molar-refractivity contribution in [2.24, 2.45) is 7.05 Å². The molecule has 0 spiro atoms. The second-order valence-corrected chi connectivity index (χ2v) is 6.68. The van der Waals surface area contributed by atoms with Gasteiger partial charge in [0, 0.05) is 32.7 Å². The lowest BCUT2D eigenvalue weighted by Crippen LogP contribution is -2.31. The minimum absolute atomic E-state index is 0.311. The number of aromatic nitrogens is 2. The van der Waals surface area contributed by atoms with Crippen LogP contribution in [0, 0.1) is 13.8 Å². The van der Waals surface area contributed by atoms with Gasteiger partial charge in [-0.3, -0.25) is 0 Å². The van der Waals surface area contributed by atoms with Crippen LogP contribution < -0.4 is 4.57 Å². The number of hydrogen-bond acceptors (Lipinski definition) is 2. The molecule has 126 valence electrons. The first-order valence-electron chi connectivity index (χ1n) is 10.0. The molecule has 0 amide bonds. The molecular weight excluding hydrogens is 320 g/mol. The molecule has 5 rings (SSSR count). The highest BCUT2D eigenvalue weighted by atomic mass is 16.3. The molecule has 0 bridgehead atoms. The van der Waals surface area contributed by atoms with Crippen molar-refractivity contribution in [1.82, 2.24) is 4.98 Å². The van der Waals surface area contributed by atoms with Gasteiger partial charge in [0.2, 0.25) is 11.4 Å². The second kappa shape index (κ2) is 5.40. The number of aryl methyl sites for hydroxylation is 3. The van der Waals surface area contributed by atoms with Gasteiger partial charge in [-0.15, -0.1) is 0 Å². The van der Waals surface area contributed by atoms with Gasteiger partial charge >= 0.3 is 0 Å². The molecule has 0 aliphatic rings. The van der Waals surface area contributed by atoms with Gasteiger partial charge in [0.25, 0.3) is 0 Å². The summed E-state index contributed by atoms with van der Waals surface area (Å²) in [7, 11) is 1.86. The minimum atomic E-state index is -2.14. The molecule has 0 radical (unpaired) electrons. The van der Waals surface area contributed by atoms with Crippen molar-refractivity contribution >= 4 is 32.8 Å². The average Bonchev–Trinajstić information content (AvgIpc) is 3.06. The van der Waals surface area contributed by atoms with Crippen molar-refractivity contribution in [2.75, 3.05) is 0 Å². The molecule has 0 N–H and O–H groups in total. The van der Waals surface area contributed by atoms with Gasteiger partial charge < -0.3 is 4.42 Å². The van der Waals surface area contributed by atoms with E-state index in [0.717, 1.165) is 43.9 Å². The van der Waals surface area contributed by atoms with Crippen LogP contribution in [0.2, 0.25) is 0 Å². The Morgan fingerprint density at radius 2 is 1.92 bits per heavy atom. The summed E-state index contributed by atoms with van der Waals surface area (Å²) in [5.74, 6) is 0. The minimum Gasteiger partial charge on any atom is -0.437 e. The monoisotopic (exact) mass is 342 g/mol. The summed E-state index contributed by atoms with van der Waals surface area (Å²) in [5.41, 5.74) is 4.57. The summed E-state index contributed by atoms with van der Waals surface area (Å²) in [4.78, 5) is 4.53. The zero-order chi connectivity index (χ0) is 20.3. The van der Waals surface area contributed by atoms with Crippen LogP contribution in [0.1, 0.15) is 15.2 Å². The van der Waals surface area contributed by atoms with E-state index in [1.165, 1.54) is 0 Å². The summed E-state index contributed by atoms with van der Waals surface area (Å²) in [5, 5.41) is 4.18. The van der Waals surface area contributed by atoms with E-state index in [4.69, 9.17) is 8.53 Å². The first kappa shape index (κ1) is 12.2. The van der Waals surface area contributed by atoms with Gasteiger partial charge in [-0.25, -0.2) is 9.55 Å². The maximum absolute atomic E-state index is 7.66. The molecule has 0 saturated heterocycles. The van der Waals surface area contributed by atoms with E-state index in [1.807, 2.05) is 49.0 Å². The molecule has 3 aromatic heterocycles. The van der Waals surface area contributed by atoms with E-state index < -0.39 is 6.85 Å². The Kier molecular flexibility index (Phi) is 2.53. The Labute approximate surface area is 155 Å². The van der Waals surface area contributed by atoms with Gasteiger partial charge in [0.05, 0.1) is 10.9 Å². The number of benzene rings is 2. The third-order valence-electron chi connectivity index (χ3n) is 4.99. The van der Waals surface area contributed by atoms with E-state index in [2.05, 4.69) is 23.2 Å². The largest absolute Gasteiger partial charge is 0.437 e. The van der Waals surface area contributed by atoms with Gasteiger partial charge in [-0.1, -0.05) is 36.4 Å². The predicted molar refractivity (Wildman–Crippen MR) is 105 cm³/mol. The third kappa shape index (κ3) is 2.07. The molecule has 5 aromatic rings. The van der Waals surface area contributed by atoms with Gasteiger partial charge in [-0.05, 0) is 30.8 Å². The summed E-state index contributed by atoms with van der Waals surface area (Å²) < 4.78 is 31.1. The number of nitrogens with zero attached hydrogens (tertiary/aromatic N) is 2. The molecule has 2 aromatic carbocycles. The topological polar surface area (TPSA) is 29.9 Å². The fraction of sp³-hybridized carbons (Fsp3) is 0.130. The molecule has 0 aliphatic carbocycles. The lowest BCUT2D eigenvalue weighted by molar-refractivity contribution is -0.660. The van der Waals surface area contributed by atoms with Crippen LogP contribution in [0.15, 0.2) is 65.3 Å². The predicted octanol–water partition coefficient (Wildman–Crippen LogP) is 5.24. The van der Waals surface area contributed by atoms with Crippen LogP contribution in [0.5, 0.6) is 0 Å². The van der Waals surface area contributed by atoms with Crippen LogP contribution >= 0.6 is 0 Å². The zero-order valence-corrected chi connectivity index (χ0v) is 14.6. The Morgan fingerprint density at radius 1 is 1.04 bits per heavy atom. The van der Waals surface area contributed by atoms with Gasteiger partial charge in [0.15, 0.2) is 11.8 Å². The highest BCUT2D eigenvalue weighted by Crippen LogP contribution is 2.38. The van der Waals surface area contributed by atoms with Crippen molar-refractivity contribution in [3.8, 4) is 11.3 Å². The number of rotatable bonds is 1. The number of fused-ring (bicyclic) bond motifs is 5. The maximum Gasteiger partial charge on any atom is 0.227 e. The van der Waals surface area contributed by atoms with E-state index in [0.29, 0.717) is 11.3 Å². The highest BCUT2D eigenvalue weighted by molar-refractivity contribution is 6.19. The van der Waals surface area contributed by atoms with Crippen molar-refractivity contribution in [3.63, 3.8) is 0 Å². The fourth-order valence-corrected chi connectivity index (χ4v) is 3.75. The van der Waals surface area contributed by atoms with Crippen LogP contribution in [-0.4, -0.2) is 4.98 Å². The molecule has 0 atom stereocenters. The molecule has 0 aliphatic heterocycles. The second-order valence-electron chi connectivity index (χ2n) is 6.68. The Bertz CT molecular complexity index is 1420. The van der Waals surface area contributed by atoms with Crippen molar-refractivity contribution in [3.05, 3.63) is 72.1 Å². The smallest absolute Gasteiger partial charge is 0.227 e. The third-order valence-corrected chi connectivity index (χ3v) is 4.99. The lowest BCUT2D eigenvalue weighted by Gasteiger charge is -2.06. The summed E-state index contributed by atoms with van der Waals surface area (Å²) in [6.07, 6.45) is 3.49. The normalized spacial score (nSPS) is 13.8. The molecule has 26 heavy (non-hydrogen) atoms. The first-order valence-corrected chi connectivity index (χ1v) is 8.55. The van der Waals surface area contributed by atoms with E-state index in [1.54, 1.807) is 12.3 Å². The van der Waals surface area contributed by atoms with E-state index in [-0.39, 0.29) is 0 Å². The summed E-state index contributed by atoms with van der Waals surface area (Å²) in [6, 6.07) is 15.8. The Hall–Kier alpha value is -3.20. The molecule has 0 saturated carbocycles. The lowest BCUT2D eigenvalue weighted by atomic mass is 9.99. The average molecular weight is 342 g/mol. The molecule has 0 unspecified atom stereocenters. The summed E-state index contributed by atoms with van der Waals surface area (Å²) >= 11 is 0. The Morgan fingerprint density at radius 3 is 2.77 bits per heavy atom. The van der Waals surface area contributed by atoms with Crippen LogP contribution in [0.3, 0.4) is 0 Å². The number of pyridine rings is 2. The van der Waals surface area contributed by atoms with Crippen molar-refractivity contribution in [2.45, 2.75) is 13.8 Å². The van der Waals surface area contributed by atoms with E-state index in [9.17, 15) is 0 Å². The van der Waals surface area contributed by atoms with Gasteiger partial charge in [0.1, 0.15) is 7.05 Å². The SMILES string of the molecule is [2H]C([2H])([2H])c1ccc(-c2c(C)ccc3c2oc2ncc4ccccc4c23)[n+](C)c1. The quantitative estimate of drug-likeness (QED) is 0.390. The molecule has 3 heteroatoms. The highest BCUT2D eigenvalue weighted by Gasteiger charge is 2.21. The number of hydrogen-bond donors (Lipinski definition) is 0. The number of furan rings is 1. The first-order chi connectivity index (χ1) is 13.8. The Balaban J connectivity index is 1.85. The standard InChI is InChI=1S/C23H19N2O/c1-14-8-11-19(25(3)13-14)20-15(2)9-10-18-21-17-7-5-4-6-16(17)12-24-23(21)26-22(18)20/h4-13H,1-3H3/q+1/i1D3. The molecule has 3 nitrogen and oxygen atoms in total. The molecule has 0 fully saturated rings. The van der Waals surface area contributed by atoms with E-state index >= 15 is 0 Å². The fourth-order valence-electron chi connectivity index (χ4n) is 3.75. The molecular formula is C23H19N2O+. The maximum atomic E-state index is 7.66. The van der Waals surface area contributed by atoms with Crippen LogP contribution in [0.25, 0.3) is 44.1 Å². The van der Waals surface area contributed by atoms with Crippen molar-refractivity contribution in [1.29, 1.82) is 0 Å². The zero-order valence-electron chi connectivity index (χ0n) is 17.6.